The molecule has 1 aromatic carbocycles. The van der Waals surface area contributed by atoms with E-state index in [4.69, 9.17) is 9.84 Å². The third-order valence-electron chi connectivity index (χ3n) is 5.10. The zero-order valence-electron chi connectivity index (χ0n) is 17.3. The van der Waals surface area contributed by atoms with E-state index in [9.17, 15) is 0 Å². The van der Waals surface area contributed by atoms with Crippen LogP contribution in [0.2, 0.25) is 0 Å². The summed E-state index contributed by atoms with van der Waals surface area (Å²) >= 11 is 0. The Morgan fingerprint density at radius 2 is 1.97 bits per heavy atom. The molecule has 0 aliphatic heterocycles. The molecular formula is C21H25N7O. The Morgan fingerprint density at radius 3 is 2.66 bits per heavy atom. The van der Waals surface area contributed by atoms with Gasteiger partial charge in [-0.15, -0.1) is 0 Å². The molecule has 0 amide bonds. The first-order valence-corrected chi connectivity index (χ1v) is 9.54. The largest absolute Gasteiger partial charge is 0.496 e. The fourth-order valence-electron chi connectivity index (χ4n) is 3.46. The normalized spacial score (nSPS) is 11.1. The van der Waals surface area contributed by atoms with Gasteiger partial charge in [-0.05, 0) is 32.4 Å². The molecule has 3 heterocycles. The lowest BCUT2D eigenvalue weighted by atomic mass is 10.1. The predicted molar refractivity (Wildman–Crippen MR) is 115 cm³/mol. The molecule has 0 atom stereocenters. The lowest BCUT2D eigenvalue weighted by Crippen LogP contribution is -2.01. The van der Waals surface area contributed by atoms with Crippen molar-refractivity contribution in [1.29, 1.82) is 0 Å². The van der Waals surface area contributed by atoms with Gasteiger partial charge in [0.15, 0.2) is 5.82 Å². The van der Waals surface area contributed by atoms with Crippen molar-refractivity contribution in [3.05, 3.63) is 47.8 Å². The highest BCUT2D eigenvalue weighted by Gasteiger charge is 2.15. The highest BCUT2D eigenvalue weighted by molar-refractivity contribution is 5.93. The summed E-state index contributed by atoms with van der Waals surface area (Å²) in [6.07, 6.45) is 3.60. The Kier molecular flexibility index (Phi) is 4.84. The zero-order chi connectivity index (χ0) is 20.5. The van der Waals surface area contributed by atoms with Gasteiger partial charge in [-0.1, -0.05) is 6.07 Å². The van der Waals surface area contributed by atoms with Crippen LogP contribution in [0.1, 0.15) is 18.1 Å². The van der Waals surface area contributed by atoms with Crippen LogP contribution in [0.15, 0.2) is 36.7 Å². The number of rotatable bonds is 6. The van der Waals surface area contributed by atoms with E-state index in [1.54, 1.807) is 18.0 Å². The fourth-order valence-corrected chi connectivity index (χ4v) is 3.46. The second kappa shape index (κ2) is 7.46. The average Bonchev–Trinajstić information content (AvgIpc) is 3.28. The van der Waals surface area contributed by atoms with Gasteiger partial charge in [0.1, 0.15) is 17.4 Å². The Balaban J connectivity index is 1.74. The van der Waals surface area contributed by atoms with E-state index in [1.165, 1.54) is 0 Å². The Labute approximate surface area is 169 Å². The summed E-state index contributed by atoms with van der Waals surface area (Å²) in [7, 11) is 3.57. The van der Waals surface area contributed by atoms with Crippen molar-refractivity contribution in [3.8, 4) is 5.75 Å². The molecule has 0 aliphatic rings. The van der Waals surface area contributed by atoms with Crippen LogP contribution in [-0.4, -0.2) is 31.7 Å². The van der Waals surface area contributed by atoms with E-state index in [0.717, 1.165) is 57.5 Å². The quantitative estimate of drug-likeness (QED) is 0.510. The second-order valence-corrected chi connectivity index (χ2v) is 6.93. The number of benzene rings is 1. The van der Waals surface area contributed by atoms with Gasteiger partial charge in [-0.2, -0.15) is 10.2 Å². The smallest absolute Gasteiger partial charge is 0.161 e. The van der Waals surface area contributed by atoms with Crippen molar-refractivity contribution in [2.24, 2.45) is 7.05 Å². The van der Waals surface area contributed by atoms with Crippen LogP contribution in [0.5, 0.6) is 5.75 Å². The molecule has 0 spiro atoms. The monoisotopic (exact) mass is 391 g/mol. The van der Waals surface area contributed by atoms with Crippen molar-refractivity contribution in [1.82, 2.24) is 24.5 Å². The fraction of sp³-hybridized carbons (Fsp3) is 0.286. The molecule has 0 saturated carbocycles. The number of methoxy groups -OCH3 is 1. The molecule has 0 radical (unpaired) electrons. The van der Waals surface area contributed by atoms with Gasteiger partial charge in [-0.25, -0.2) is 4.98 Å². The van der Waals surface area contributed by atoms with Gasteiger partial charge in [0.25, 0.3) is 0 Å². The molecular weight excluding hydrogens is 366 g/mol. The molecule has 4 aromatic rings. The molecule has 0 fully saturated rings. The number of pyridine rings is 1. The summed E-state index contributed by atoms with van der Waals surface area (Å²) in [5.74, 6) is 3.25. The van der Waals surface area contributed by atoms with Crippen LogP contribution in [-0.2, 0) is 13.6 Å². The number of aryl methyl sites for hydroxylation is 3. The van der Waals surface area contributed by atoms with E-state index in [-0.39, 0.29) is 0 Å². The minimum Gasteiger partial charge on any atom is -0.496 e. The van der Waals surface area contributed by atoms with Crippen molar-refractivity contribution < 1.29 is 4.74 Å². The first-order chi connectivity index (χ1) is 14.0. The summed E-state index contributed by atoms with van der Waals surface area (Å²) in [5.41, 5.74) is 4.19. The van der Waals surface area contributed by atoms with Crippen LogP contribution in [0.4, 0.5) is 23.1 Å². The lowest BCUT2D eigenvalue weighted by Gasteiger charge is -2.14. The van der Waals surface area contributed by atoms with Crippen molar-refractivity contribution in [2.75, 3.05) is 17.7 Å². The third kappa shape index (κ3) is 3.37. The Hall–Kier alpha value is -3.55. The molecule has 150 valence electrons. The van der Waals surface area contributed by atoms with Crippen molar-refractivity contribution in [2.45, 2.75) is 27.3 Å². The highest BCUT2D eigenvalue weighted by Crippen LogP contribution is 2.34. The van der Waals surface area contributed by atoms with Crippen molar-refractivity contribution in [3.63, 3.8) is 0 Å². The van der Waals surface area contributed by atoms with Gasteiger partial charge in [0.05, 0.1) is 24.2 Å². The molecule has 3 aromatic heterocycles. The first-order valence-electron chi connectivity index (χ1n) is 9.54. The first kappa shape index (κ1) is 18.8. The summed E-state index contributed by atoms with van der Waals surface area (Å²) in [6, 6.07) is 7.94. The Bertz CT molecular complexity index is 1180. The van der Waals surface area contributed by atoms with E-state index >= 15 is 0 Å². The van der Waals surface area contributed by atoms with Gasteiger partial charge >= 0.3 is 0 Å². The number of fused-ring (bicyclic) bond motifs is 1. The number of nitrogens with zero attached hydrogens (tertiary/aromatic N) is 5. The molecule has 4 rings (SSSR count). The maximum atomic E-state index is 5.47. The maximum absolute atomic E-state index is 5.47. The molecule has 0 aliphatic carbocycles. The number of anilines is 4. The third-order valence-corrected chi connectivity index (χ3v) is 5.10. The second-order valence-electron chi connectivity index (χ2n) is 6.93. The average molecular weight is 391 g/mol. The van der Waals surface area contributed by atoms with E-state index in [2.05, 4.69) is 34.6 Å². The van der Waals surface area contributed by atoms with Crippen LogP contribution in [0.25, 0.3) is 10.9 Å². The number of aromatic nitrogens is 5. The molecule has 8 nitrogen and oxygen atoms in total. The lowest BCUT2D eigenvalue weighted by molar-refractivity contribution is 0.412. The minimum absolute atomic E-state index is 0.746. The van der Waals surface area contributed by atoms with Crippen molar-refractivity contribution >= 4 is 34.0 Å². The van der Waals surface area contributed by atoms with Crippen LogP contribution in [0, 0.1) is 13.8 Å². The summed E-state index contributed by atoms with van der Waals surface area (Å²) < 4.78 is 9.21. The molecule has 29 heavy (non-hydrogen) atoms. The summed E-state index contributed by atoms with van der Waals surface area (Å²) in [6.45, 7) is 6.94. The molecule has 0 unspecified atom stereocenters. The molecule has 2 N–H and O–H groups in total. The Morgan fingerprint density at radius 1 is 1.14 bits per heavy atom. The SMILES string of the molecule is CCn1nc(Nc2c(C)ccc(OC)c2C)c2cnc(Nc3ccnn3C)cc21. The van der Waals surface area contributed by atoms with E-state index in [0.29, 0.717) is 0 Å². The summed E-state index contributed by atoms with van der Waals surface area (Å²) in [5, 5.41) is 16.7. The molecule has 0 bridgehead atoms. The predicted octanol–water partition coefficient (Wildman–Crippen LogP) is 4.30. The minimum atomic E-state index is 0.746. The van der Waals surface area contributed by atoms with Crippen LogP contribution >= 0.6 is 0 Å². The highest BCUT2D eigenvalue weighted by atomic mass is 16.5. The molecule has 0 saturated heterocycles. The standard InChI is InChI=1S/C21H25N7O/c1-6-28-16-11-18(24-19-9-10-23-27(19)4)22-12-15(16)21(26-28)25-20-13(2)7-8-17(29-5)14(20)3/h7-12H,6H2,1-5H3,(H,22,24)(H,25,26). The van der Waals surface area contributed by atoms with Crippen LogP contribution < -0.4 is 15.4 Å². The van der Waals surface area contributed by atoms with E-state index < -0.39 is 0 Å². The topological polar surface area (TPSA) is 81.8 Å². The van der Waals surface area contributed by atoms with Gasteiger partial charge in [0.2, 0.25) is 0 Å². The number of hydrogen-bond donors (Lipinski definition) is 2. The maximum Gasteiger partial charge on any atom is 0.161 e. The summed E-state index contributed by atoms with van der Waals surface area (Å²) in [4.78, 5) is 4.58. The number of hydrogen-bond acceptors (Lipinski definition) is 6. The van der Waals surface area contributed by atoms with Gasteiger partial charge < -0.3 is 15.4 Å². The number of nitrogens with one attached hydrogen (secondary N) is 2. The number of ether oxygens (including phenoxy) is 1. The van der Waals surface area contributed by atoms with Gasteiger partial charge in [0, 0.05) is 43.2 Å². The van der Waals surface area contributed by atoms with Gasteiger partial charge in [-0.3, -0.25) is 9.36 Å². The van der Waals surface area contributed by atoms with Crippen LogP contribution in [0.3, 0.4) is 0 Å². The molecule has 8 heteroatoms. The van der Waals surface area contributed by atoms with E-state index in [1.807, 2.05) is 49.1 Å². The zero-order valence-corrected chi connectivity index (χ0v) is 17.3.